The van der Waals surface area contributed by atoms with E-state index in [-0.39, 0.29) is 24.3 Å². The third-order valence-corrected chi connectivity index (χ3v) is 3.32. The van der Waals surface area contributed by atoms with Crippen LogP contribution >= 0.6 is 0 Å². The second-order valence-electron chi connectivity index (χ2n) is 4.56. The van der Waals surface area contributed by atoms with E-state index in [1.165, 1.54) is 0 Å². The standard InChI is InChI=1S/C12H14F2N2O3/c1-19-9-3-8(4-9)15-6-7-2-12(16(17)18)11(14)5-10(7)13/h2,5,8-9,15H,3-4,6H2,1H3. The van der Waals surface area contributed by atoms with Crippen molar-refractivity contribution in [1.29, 1.82) is 0 Å². The zero-order valence-corrected chi connectivity index (χ0v) is 10.4. The van der Waals surface area contributed by atoms with E-state index in [4.69, 9.17) is 4.74 Å². The Morgan fingerprint density at radius 1 is 1.42 bits per heavy atom. The number of nitro benzene ring substituents is 1. The molecule has 0 spiro atoms. The molecular formula is C12H14F2N2O3. The molecule has 1 fully saturated rings. The monoisotopic (exact) mass is 272 g/mol. The number of nitro groups is 1. The first-order chi connectivity index (χ1) is 9.01. The molecule has 0 aliphatic heterocycles. The third kappa shape index (κ3) is 3.05. The summed E-state index contributed by atoms with van der Waals surface area (Å²) in [6.07, 6.45) is 1.85. The Bertz CT molecular complexity index is 490. The fourth-order valence-corrected chi connectivity index (χ4v) is 2.04. The van der Waals surface area contributed by atoms with Crippen LogP contribution in [0, 0.1) is 21.7 Å². The minimum absolute atomic E-state index is 0.0916. The van der Waals surface area contributed by atoms with Crippen molar-refractivity contribution in [3.05, 3.63) is 39.4 Å². The fourth-order valence-electron chi connectivity index (χ4n) is 2.04. The predicted octanol–water partition coefficient (Wildman–Crippen LogP) is 2.14. The van der Waals surface area contributed by atoms with Crippen molar-refractivity contribution >= 4 is 5.69 Å². The Balaban J connectivity index is 2.00. The van der Waals surface area contributed by atoms with Crippen molar-refractivity contribution in [1.82, 2.24) is 5.32 Å². The second-order valence-corrected chi connectivity index (χ2v) is 4.56. The van der Waals surface area contributed by atoms with Crippen LogP contribution in [0.25, 0.3) is 0 Å². The Labute approximate surface area is 108 Å². The van der Waals surface area contributed by atoms with E-state index in [2.05, 4.69) is 5.32 Å². The Morgan fingerprint density at radius 2 is 2.11 bits per heavy atom. The zero-order chi connectivity index (χ0) is 14.0. The van der Waals surface area contributed by atoms with Crippen LogP contribution in [0.3, 0.4) is 0 Å². The maximum absolute atomic E-state index is 13.5. The SMILES string of the molecule is COC1CC(NCc2cc([N+](=O)[O-])c(F)cc2F)C1. The number of nitrogens with zero attached hydrogens (tertiary/aromatic N) is 1. The van der Waals surface area contributed by atoms with Gasteiger partial charge in [-0.3, -0.25) is 10.1 Å². The molecule has 0 amide bonds. The van der Waals surface area contributed by atoms with Crippen LogP contribution in [0.1, 0.15) is 18.4 Å². The summed E-state index contributed by atoms with van der Waals surface area (Å²) >= 11 is 0. The normalized spacial score (nSPS) is 22.1. The van der Waals surface area contributed by atoms with Gasteiger partial charge in [0.2, 0.25) is 5.82 Å². The van der Waals surface area contributed by atoms with Crippen molar-refractivity contribution in [2.75, 3.05) is 7.11 Å². The second kappa shape index (κ2) is 5.58. The lowest BCUT2D eigenvalue weighted by Gasteiger charge is -2.34. The van der Waals surface area contributed by atoms with E-state index < -0.39 is 22.2 Å². The number of nitrogens with one attached hydrogen (secondary N) is 1. The first kappa shape index (κ1) is 13.8. The van der Waals surface area contributed by atoms with Crippen LogP contribution in [0.15, 0.2) is 12.1 Å². The highest BCUT2D eigenvalue weighted by molar-refractivity contribution is 5.37. The highest BCUT2D eigenvalue weighted by Crippen LogP contribution is 2.25. The number of rotatable bonds is 5. The van der Waals surface area contributed by atoms with Crippen LogP contribution in [-0.4, -0.2) is 24.2 Å². The number of hydrogen-bond acceptors (Lipinski definition) is 4. The van der Waals surface area contributed by atoms with Crippen molar-refractivity contribution in [2.45, 2.75) is 31.5 Å². The van der Waals surface area contributed by atoms with Gasteiger partial charge in [-0.15, -0.1) is 0 Å². The molecule has 1 N–H and O–H groups in total. The maximum atomic E-state index is 13.5. The first-order valence-corrected chi connectivity index (χ1v) is 5.89. The van der Waals surface area contributed by atoms with Crippen LogP contribution in [0.2, 0.25) is 0 Å². The van der Waals surface area contributed by atoms with Crippen LogP contribution < -0.4 is 5.32 Å². The van der Waals surface area contributed by atoms with E-state index in [0.29, 0.717) is 6.07 Å². The van der Waals surface area contributed by atoms with E-state index in [1.807, 2.05) is 0 Å². The highest BCUT2D eigenvalue weighted by Gasteiger charge is 2.28. The summed E-state index contributed by atoms with van der Waals surface area (Å²) in [4.78, 5) is 9.72. The largest absolute Gasteiger partial charge is 0.381 e. The molecule has 0 aromatic heterocycles. The average Bonchev–Trinajstić information content (AvgIpc) is 2.29. The van der Waals surface area contributed by atoms with Crippen molar-refractivity contribution in [3.8, 4) is 0 Å². The van der Waals surface area contributed by atoms with Gasteiger partial charge < -0.3 is 10.1 Å². The first-order valence-electron chi connectivity index (χ1n) is 5.89. The summed E-state index contributed by atoms with van der Waals surface area (Å²) < 4.78 is 31.7. The summed E-state index contributed by atoms with van der Waals surface area (Å²) in [5.74, 6) is -1.94. The van der Waals surface area contributed by atoms with Gasteiger partial charge in [0, 0.05) is 37.4 Å². The quantitative estimate of drug-likeness (QED) is 0.659. The van der Waals surface area contributed by atoms with Gasteiger partial charge in [0.05, 0.1) is 11.0 Å². The van der Waals surface area contributed by atoms with Gasteiger partial charge in [0.1, 0.15) is 5.82 Å². The smallest absolute Gasteiger partial charge is 0.305 e. The predicted molar refractivity (Wildman–Crippen MR) is 63.7 cm³/mol. The molecule has 1 aromatic carbocycles. The Morgan fingerprint density at radius 3 is 2.68 bits per heavy atom. The lowest BCUT2D eigenvalue weighted by molar-refractivity contribution is -0.387. The molecule has 0 unspecified atom stereocenters. The number of benzene rings is 1. The number of halogens is 2. The van der Waals surface area contributed by atoms with Crippen molar-refractivity contribution in [2.24, 2.45) is 0 Å². The molecule has 2 rings (SSSR count). The summed E-state index contributed by atoms with van der Waals surface area (Å²) in [5.41, 5.74) is -0.615. The third-order valence-electron chi connectivity index (χ3n) is 3.32. The van der Waals surface area contributed by atoms with Gasteiger partial charge in [-0.05, 0) is 12.8 Å². The van der Waals surface area contributed by atoms with Gasteiger partial charge in [-0.2, -0.15) is 4.39 Å². The lowest BCUT2D eigenvalue weighted by atomic mass is 9.89. The van der Waals surface area contributed by atoms with Gasteiger partial charge >= 0.3 is 5.69 Å². The number of ether oxygens (including phenoxy) is 1. The zero-order valence-electron chi connectivity index (χ0n) is 10.4. The molecule has 1 aliphatic carbocycles. The van der Waals surface area contributed by atoms with Crippen LogP contribution in [0.5, 0.6) is 0 Å². The average molecular weight is 272 g/mol. The van der Waals surface area contributed by atoms with Gasteiger partial charge in [0.25, 0.3) is 0 Å². The Kier molecular flexibility index (Phi) is 4.06. The molecule has 1 aromatic rings. The Hall–Kier alpha value is -1.60. The molecule has 1 saturated carbocycles. The molecule has 1 aliphatic rings. The summed E-state index contributed by atoms with van der Waals surface area (Å²) in [7, 11) is 1.63. The van der Waals surface area contributed by atoms with E-state index in [0.717, 1.165) is 18.9 Å². The molecule has 0 saturated heterocycles. The fraction of sp³-hybridized carbons (Fsp3) is 0.500. The number of methoxy groups -OCH3 is 1. The molecule has 0 bridgehead atoms. The minimum Gasteiger partial charge on any atom is -0.381 e. The molecular weight excluding hydrogens is 258 g/mol. The highest BCUT2D eigenvalue weighted by atomic mass is 19.1. The number of hydrogen-bond donors (Lipinski definition) is 1. The molecule has 5 nitrogen and oxygen atoms in total. The van der Waals surface area contributed by atoms with Crippen LogP contribution in [-0.2, 0) is 11.3 Å². The summed E-state index contributed by atoms with van der Waals surface area (Å²) in [5, 5.41) is 13.6. The minimum atomic E-state index is -1.16. The van der Waals surface area contributed by atoms with Crippen molar-refractivity contribution < 1.29 is 18.4 Å². The molecule has 0 atom stereocenters. The summed E-state index contributed by atoms with van der Waals surface area (Å²) in [6.45, 7) is 0.133. The van der Waals surface area contributed by atoms with Gasteiger partial charge in [0.15, 0.2) is 0 Å². The lowest BCUT2D eigenvalue weighted by Crippen LogP contribution is -2.44. The molecule has 104 valence electrons. The molecule has 19 heavy (non-hydrogen) atoms. The molecule has 0 radical (unpaired) electrons. The maximum Gasteiger partial charge on any atom is 0.305 e. The molecule has 0 heterocycles. The van der Waals surface area contributed by atoms with Gasteiger partial charge in [-0.25, -0.2) is 4.39 Å². The summed E-state index contributed by atoms with van der Waals surface area (Å²) in [6, 6.07) is 1.69. The van der Waals surface area contributed by atoms with E-state index in [1.54, 1.807) is 7.11 Å². The van der Waals surface area contributed by atoms with E-state index >= 15 is 0 Å². The molecule has 7 heteroatoms. The van der Waals surface area contributed by atoms with Crippen LogP contribution in [0.4, 0.5) is 14.5 Å². The topological polar surface area (TPSA) is 64.4 Å². The van der Waals surface area contributed by atoms with Gasteiger partial charge in [-0.1, -0.05) is 0 Å². The van der Waals surface area contributed by atoms with Crippen molar-refractivity contribution in [3.63, 3.8) is 0 Å². The van der Waals surface area contributed by atoms with E-state index in [9.17, 15) is 18.9 Å².